The van der Waals surface area contributed by atoms with Gasteiger partial charge in [-0.2, -0.15) is 9.97 Å². The molecule has 4 heterocycles. The number of carboxylic acid groups (broad SMARTS) is 1. The van der Waals surface area contributed by atoms with E-state index in [1.165, 1.54) is 24.3 Å². The van der Waals surface area contributed by atoms with E-state index >= 15 is 0 Å². The van der Waals surface area contributed by atoms with Crippen LogP contribution in [0.1, 0.15) is 76.4 Å². The summed E-state index contributed by atoms with van der Waals surface area (Å²) in [5, 5.41) is 43.9. The van der Waals surface area contributed by atoms with Gasteiger partial charge in [0.25, 0.3) is 5.91 Å². The number of fused-ring (bicyclic) bond motifs is 1. The fourth-order valence-electron chi connectivity index (χ4n) is 8.62. The number of imidazole rings is 1. The summed E-state index contributed by atoms with van der Waals surface area (Å²) in [6, 6.07) is 24.1. The third kappa shape index (κ3) is 8.98. The van der Waals surface area contributed by atoms with Crippen molar-refractivity contribution in [2.45, 2.75) is 74.9 Å². The molecular formula is C44H50N10O7. The molecule has 318 valence electrons. The SMILES string of the molecule is CCC(=O)N[C@H]1C[C@@H](n2cnc3c(NCC(c4ccccc4)c4ccccc4)nc(N4CC[C@H](NC(=O)N[C@@H]5CCN(C(=O)c6ccc(C(=O)O)cc6)C5)C4)nc32)[C@H](O)[C@@H]1O. The van der Waals surface area contributed by atoms with Gasteiger partial charge in [-0.05, 0) is 54.7 Å². The van der Waals surface area contributed by atoms with Crippen molar-refractivity contribution in [2.24, 2.45) is 0 Å². The maximum atomic E-state index is 13.3. The highest BCUT2D eigenvalue weighted by atomic mass is 16.4. The highest BCUT2D eigenvalue weighted by Crippen LogP contribution is 2.36. The summed E-state index contributed by atoms with van der Waals surface area (Å²) in [6.07, 6.45) is 0.932. The number of hydrogen-bond acceptors (Lipinski definition) is 11. The number of aliphatic hydroxyl groups is 2. The Hall–Kier alpha value is -6.59. The molecule has 2 aromatic heterocycles. The van der Waals surface area contributed by atoms with Crippen molar-refractivity contribution in [3.8, 4) is 0 Å². The van der Waals surface area contributed by atoms with Gasteiger partial charge in [-0.15, -0.1) is 0 Å². The normalized spacial score (nSPS) is 22.4. The topological polar surface area (TPSA) is 227 Å². The van der Waals surface area contributed by atoms with Crippen LogP contribution in [0.5, 0.6) is 0 Å². The molecule has 0 bridgehead atoms. The minimum Gasteiger partial charge on any atom is -0.478 e. The molecule has 3 fully saturated rings. The third-order valence-electron chi connectivity index (χ3n) is 12.0. The van der Waals surface area contributed by atoms with Crippen LogP contribution in [0.3, 0.4) is 0 Å². The smallest absolute Gasteiger partial charge is 0.335 e. The molecule has 2 saturated heterocycles. The van der Waals surface area contributed by atoms with Gasteiger partial charge in [-0.3, -0.25) is 9.59 Å². The number of carboxylic acids is 1. The highest BCUT2D eigenvalue weighted by Gasteiger charge is 2.44. The second-order valence-electron chi connectivity index (χ2n) is 15.9. The molecule has 3 aliphatic rings. The summed E-state index contributed by atoms with van der Waals surface area (Å²) in [4.78, 5) is 68.2. The van der Waals surface area contributed by atoms with Crippen LogP contribution in [-0.4, -0.2) is 127 Å². The summed E-state index contributed by atoms with van der Waals surface area (Å²) >= 11 is 0. The Morgan fingerprint density at radius 3 is 2.08 bits per heavy atom. The number of anilines is 2. The van der Waals surface area contributed by atoms with Gasteiger partial charge < -0.3 is 51.0 Å². The van der Waals surface area contributed by atoms with Gasteiger partial charge in [0.05, 0.1) is 24.0 Å². The van der Waals surface area contributed by atoms with Crippen molar-refractivity contribution in [2.75, 3.05) is 42.9 Å². The molecule has 6 atom stereocenters. The standard InChI is InChI=1S/C44H50N10O7/c1-2-35(55)49-33-21-34(38(57)37(33)56)54-25-46-36-39(45-22-32(26-9-5-3-6-10-26)27-11-7-4-8-12-27)50-43(51-40(36)54)53-20-18-31(24-53)48-44(61)47-30-17-19-52(23-30)41(58)28-13-15-29(16-14-28)42(59)60/h3-16,25,30-34,37-38,56-57H,2,17-24H2,1H3,(H,49,55)(H,59,60)(H,45,50,51)(H2,47,48,61)/t30-,31+,33+,34-,37-,38+/m1/s1. The average Bonchev–Trinajstić information content (AvgIpc) is 4.09. The molecule has 17 heteroatoms. The molecule has 1 saturated carbocycles. The number of benzene rings is 3. The largest absolute Gasteiger partial charge is 0.478 e. The van der Waals surface area contributed by atoms with Gasteiger partial charge in [0.1, 0.15) is 12.2 Å². The fraction of sp³-hybridized carbons (Fsp3) is 0.386. The molecule has 5 aromatic rings. The predicted octanol–water partition coefficient (Wildman–Crippen LogP) is 3.12. The molecule has 3 aromatic carbocycles. The summed E-state index contributed by atoms with van der Waals surface area (Å²) in [5.74, 6) is -0.636. The van der Waals surface area contributed by atoms with E-state index in [0.717, 1.165) is 11.1 Å². The van der Waals surface area contributed by atoms with E-state index in [9.17, 15) is 34.5 Å². The number of nitrogens with one attached hydrogen (secondary N) is 4. The molecule has 0 unspecified atom stereocenters. The summed E-state index contributed by atoms with van der Waals surface area (Å²) in [7, 11) is 0. The van der Waals surface area contributed by atoms with Crippen molar-refractivity contribution >= 4 is 46.7 Å². The predicted molar refractivity (Wildman–Crippen MR) is 226 cm³/mol. The lowest BCUT2D eigenvalue weighted by molar-refractivity contribution is -0.122. The second kappa shape index (κ2) is 17.9. The maximum Gasteiger partial charge on any atom is 0.335 e. The second-order valence-corrected chi connectivity index (χ2v) is 15.9. The first-order chi connectivity index (χ1) is 29.6. The monoisotopic (exact) mass is 830 g/mol. The zero-order chi connectivity index (χ0) is 42.6. The number of nitrogens with zero attached hydrogens (tertiary/aromatic N) is 6. The number of carbonyl (C=O) groups is 4. The lowest BCUT2D eigenvalue weighted by Crippen LogP contribution is -2.48. The molecule has 1 aliphatic carbocycles. The molecule has 0 radical (unpaired) electrons. The van der Waals surface area contributed by atoms with Gasteiger partial charge in [0, 0.05) is 62.7 Å². The lowest BCUT2D eigenvalue weighted by Gasteiger charge is -2.22. The van der Waals surface area contributed by atoms with Crippen molar-refractivity contribution in [3.05, 3.63) is 114 Å². The molecular weight excluding hydrogens is 781 g/mol. The summed E-state index contributed by atoms with van der Waals surface area (Å²) in [6.45, 7) is 3.96. The zero-order valence-electron chi connectivity index (χ0n) is 33.7. The Morgan fingerprint density at radius 2 is 1.43 bits per heavy atom. The number of aromatic nitrogens is 4. The number of hydrogen-bond donors (Lipinski definition) is 7. The molecule has 7 N–H and O–H groups in total. The maximum absolute atomic E-state index is 13.3. The summed E-state index contributed by atoms with van der Waals surface area (Å²) in [5.41, 5.74) is 3.67. The van der Waals surface area contributed by atoms with Gasteiger partial charge in [0.2, 0.25) is 11.9 Å². The molecule has 17 nitrogen and oxygen atoms in total. The van der Waals surface area contributed by atoms with E-state index in [-0.39, 0.29) is 54.3 Å². The first kappa shape index (κ1) is 41.2. The van der Waals surface area contributed by atoms with Crippen LogP contribution in [0, 0.1) is 0 Å². The van der Waals surface area contributed by atoms with E-state index in [2.05, 4.69) is 45.5 Å². The minimum atomic E-state index is -1.19. The highest BCUT2D eigenvalue weighted by molar-refractivity contribution is 5.96. The van der Waals surface area contributed by atoms with Gasteiger partial charge in [-0.25, -0.2) is 14.6 Å². The molecule has 4 amide bonds. The van der Waals surface area contributed by atoms with Crippen LogP contribution in [0.2, 0.25) is 0 Å². The van der Waals surface area contributed by atoms with Crippen LogP contribution in [0.25, 0.3) is 11.2 Å². The molecule has 0 spiro atoms. The fourth-order valence-corrected chi connectivity index (χ4v) is 8.62. The summed E-state index contributed by atoms with van der Waals surface area (Å²) < 4.78 is 1.75. The number of urea groups is 1. The first-order valence-electron chi connectivity index (χ1n) is 20.7. The number of aliphatic hydroxyl groups excluding tert-OH is 2. The van der Waals surface area contributed by atoms with E-state index in [4.69, 9.17) is 15.0 Å². The van der Waals surface area contributed by atoms with Crippen molar-refractivity contribution in [1.82, 2.24) is 40.4 Å². The number of likely N-dealkylation sites (tertiary alicyclic amines) is 1. The number of carbonyl (C=O) groups excluding carboxylic acids is 3. The zero-order valence-corrected chi connectivity index (χ0v) is 33.7. The Kier molecular flexibility index (Phi) is 12.1. The number of amides is 4. The molecule has 8 rings (SSSR count). The Balaban J connectivity index is 0.988. The van der Waals surface area contributed by atoms with Crippen LogP contribution >= 0.6 is 0 Å². The van der Waals surface area contributed by atoms with Gasteiger partial charge >= 0.3 is 12.0 Å². The van der Waals surface area contributed by atoms with Gasteiger partial charge in [-0.1, -0.05) is 67.6 Å². The average molecular weight is 831 g/mol. The van der Waals surface area contributed by atoms with Crippen LogP contribution < -0.4 is 26.2 Å². The van der Waals surface area contributed by atoms with E-state index in [0.29, 0.717) is 74.1 Å². The third-order valence-corrected chi connectivity index (χ3v) is 12.0. The van der Waals surface area contributed by atoms with Crippen LogP contribution in [-0.2, 0) is 4.79 Å². The molecule has 61 heavy (non-hydrogen) atoms. The van der Waals surface area contributed by atoms with Crippen molar-refractivity contribution < 1.29 is 34.5 Å². The van der Waals surface area contributed by atoms with Crippen molar-refractivity contribution in [3.63, 3.8) is 0 Å². The molecule has 2 aliphatic heterocycles. The van der Waals surface area contributed by atoms with Gasteiger partial charge in [0.15, 0.2) is 17.0 Å². The Labute approximate surface area is 352 Å². The van der Waals surface area contributed by atoms with Crippen LogP contribution in [0.4, 0.5) is 16.6 Å². The van der Waals surface area contributed by atoms with E-state index in [1.54, 1.807) is 22.7 Å². The lowest BCUT2D eigenvalue weighted by atomic mass is 9.91. The Morgan fingerprint density at radius 1 is 0.787 bits per heavy atom. The quantitative estimate of drug-likeness (QED) is 0.0909. The van der Waals surface area contributed by atoms with Crippen LogP contribution in [0.15, 0.2) is 91.3 Å². The number of aromatic carboxylic acids is 1. The minimum absolute atomic E-state index is 0.0259. The Bertz CT molecular complexity index is 2320. The van der Waals surface area contributed by atoms with E-state index in [1.807, 2.05) is 41.3 Å². The van der Waals surface area contributed by atoms with Crippen molar-refractivity contribution in [1.29, 1.82) is 0 Å². The van der Waals surface area contributed by atoms with E-state index < -0.39 is 30.3 Å². The first-order valence-corrected chi connectivity index (χ1v) is 20.7. The number of rotatable bonds is 13.